The lowest BCUT2D eigenvalue weighted by molar-refractivity contribution is -0.122. The minimum atomic E-state index is -0.00737. The standard InChI is InChI=1S/C24H31N5O/c1-2-29-22(16-23(30)26-17-18-10-12-19(25)13-11-18)20-8-4-5-9-21(20)27-24(29)28-14-6-3-7-15-28/h4-5,8-13,22H,2-3,6-7,14-17,25H2,1H3,(H,26,30). The Labute approximate surface area is 178 Å². The molecule has 30 heavy (non-hydrogen) atoms. The van der Waals surface area contributed by atoms with Gasteiger partial charge in [-0.05, 0) is 49.9 Å². The Bertz CT molecular complexity index is 902. The van der Waals surface area contributed by atoms with E-state index in [4.69, 9.17) is 10.7 Å². The van der Waals surface area contributed by atoms with Gasteiger partial charge in [0.25, 0.3) is 0 Å². The van der Waals surface area contributed by atoms with Crippen molar-refractivity contribution in [1.82, 2.24) is 15.1 Å². The van der Waals surface area contributed by atoms with Crippen LogP contribution in [0.4, 0.5) is 11.4 Å². The van der Waals surface area contributed by atoms with Crippen molar-refractivity contribution < 1.29 is 4.79 Å². The van der Waals surface area contributed by atoms with Crippen molar-refractivity contribution in [2.24, 2.45) is 4.99 Å². The molecule has 2 aromatic rings. The number of amides is 1. The molecular weight excluding hydrogens is 374 g/mol. The van der Waals surface area contributed by atoms with Crippen LogP contribution in [0.3, 0.4) is 0 Å². The Hall–Kier alpha value is -3.02. The molecule has 2 aliphatic rings. The SMILES string of the molecule is CCN1C(N2CCCCC2)=Nc2ccccc2C1CC(=O)NCc1ccc(N)cc1. The smallest absolute Gasteiger partial charge is 0.222 e. The van der Waals surface area contributed by atoms with Gasteiger partial charge >= 0.3 is 0 Å². The number of nitrogens with one attached hydrogen (secondary N) is 1. The molecule has 1 atom stereocenters. The fourth-order valence-corrected chi connectivity index (χ4v) is 4.36. The summed E-state index contributed by atoms with van der Waals surface area (Å²) >= 11 is 0. The summed E-state index contributed by atoms with van der Waals surface area (Å²) in [6, 6.07) is 15.8. The average molecular weight is 406 g/mol. The van der Waals surface area contributed by atoms with Gasteiger partial charge in [-0.1, -0.05) is 30.3 Å². The van der Waals surface area contributed by atoms with Crippen LogP contribution in [0.15, 0.2) is 53.5 Å². The number of nitrogens with zero attached hydrogens (tertiary/aromatic N) is 3. The van der Waals surface area contributed by atoms with Gasteiger partial charge in [0.15, 0.2) is 0 Å². The number of benzene rings is 2. The van der Waals surface area contributed by atoms with E-state index in [-0.39, 0.29) is 11.9 Å². The number of guanidine groups is 1. The molecule has 2 heterocycles. The topological polar surface area (TPSA) is 74.0 Å². The maximum absolute atomic E-state index is 12.9. The van der Waals surface area contributed by atoms with Crippen molar-refractivity contribution in [3.8, 4) is 0 Å². The van der Waals surface area contributed by atoms with E-state index in [1.165, 1.54) is 19.3 Å². The number of hydrogen-bond donors (Lipinski definition) is 2. The molecule has 0 spiro atoms. The van der Waals surface area contributed by atoms with Crippen molar-refractivity contribution in [3.05, 3.63) is 59.7 Å². The molecule has 0 bridgehead atoms. The number of carbonyl (C=O) groups is 1. The first-order valence-electron chi connectivity index (χ1n) is 11.0. The molecule has 0 aromatic heterocycles. The number of aliphatic imine (C=N–C) groups is 1. The quantitative estimate of drug-likeness (QED) is 0.742. The lowest BCUT2D eigenvalue weighted by Gasteiger charge is -2.43. The summed E-state index contributed by atoms with van der Waals surface area (Å²) in [5, 5.41) is 3.08. The molecule has 4 rings (SSSR count). The van der Waals surface area contributed by atoms with Gasteiger partial charge in [-0.25, -0.2) is 4.99 Å². The summed E-state index contributed by atoms with van der Waals surface area (Å²) in [5.74, 6) is 1.07. The molecule has 1 amide bonds. The van der Waals surface area contributed by atoms with Crippen LogP contribution < -0.4 is 11.1 Å². The van der Waals surface area contributed by atoms with Gasteiger partial charge in [-0.2, -0.15) is 0 Å². The van der Waals surface area contributed by atoms with Crippen LogP contribution in [0, 0.1) is 0 Å². The molecule has 1 fully saturated rings. The van der Waals surface area contributed by atoms with E-state index in [0.717, 1.165) is 48.1 Å². The second kappa shape index (κ2) is 9.20. The van der Waals surface area contributed by atoms with Crippen LogP contribution in [-0.2, 0) is 11.3 Å². The van der Waals surface area contributed by atoms with E-state index in [0.29, 0.717) is 13.0 Å². The normalized spacial score (nSPS) is 18.6. The molecule has 6 heteroatoms. The number of para-hydroxylation sites is 1. The number of likely N-dealkylation sites (tertiary alicyclic amines) is 1. The molecular formula is C24H31N5O. The van der Waals surface area contributed by atoms with Gasteiger partial charge in [-0.3, -0.25) is 4.79 Å². The summed E-state index contributed by atoms with van der Waals surface area (Å²) < 4.78 is 0. The fourth-order valence-electron chi connectivity index (χ4n) is 4.36. The third-order valence-corrected chi connectivity index (χ3v) is 5.98. The minimum Gasteiger partial charge on any atom is -0.399 e. The van der Waals surface area contributed by atoms with E-state index in [1.54, 1.807) is 0 Å². The first kappa shape index (κ1) is 20.3. The zero-order valence-corrected chi connectivity index (χ0v) is 17.7. The van der Waals surface area contributed by atoms with Gasteiger partial charge in [0, 0.05) is 37.4 Å². The first-order chi connectivity index (χ1) is 14.7. The zero-order chi connectivity index (χ0) is 20.9. The first-order valence-corrected chi connectivity index (χ1v) is 11.0. The van der Waals surface area contributed by atoms with Crippen molar-refractivity contribution in [3.63, 3.8) is 0 Å². The molecule has 3 N–H and O–H groups in total. The highest BCUT2D eigenvalue weighted by molar-refractivity contribution is 5.87. The number of rotatable bonds is 5. The van der Waals surface area contributed by atoms with E-state index in [2.05, 4.69) is 34.2 Å². The van der Waals surface area contributed by atoms with Crippen LogP contribution in [0.25, 0.3) is 0 Å². The molecule has 0 saturated carbocycles. The van der Waals surface area contributed by atoms with E-state index in [9.17, 15) is 4.79 Å². The van der Waals surface area contributed by atoms with Gasteiger partial charge in [-0.15, -0.1) is 0 Å². The largest absolute Gasteiger partial charge is 0.399 e. The number of hydrogen-bond acceptors (Lipinski definition) is 5. The van der Waals surface area contributed by atoms with Crippen LogP contribution in [0.1, 0.15) is 49.8 Å². The number of nitrogen functional groups attached to an aromatic ring is 1. The van der Waals surface area contributed by atoms with Crippen LogP contribution >= 0.6 is 0 Å². The third kappa shape index (κ3) is 4.42. The highest BCUT2D eigenvalue weighted by Crippen LogP contribution is 2.37. The Kier molecular flexibility index (Phi) is 6.21. The van der Waals surface area contributed by atoms with Gasteiger partial charge in [0.05, 0.1) is 18.2 Å². The Balaban J connectivity index is 1.52. The van der Waals surface area contributed by atoms with E-state index < -0.39 is 0 Å². The van der Waals surface area contributed by atoms with Crippen molar-refractivity contribution in [2.45, 2.75) is 45.2 Å². The highest BCUT2D eigenvalue weighted by atomic mass is 16.1. The number of carbonyl (C=O) groups excluding carboxylic acids is 1. The molecule has 0 aliphatic carbocycles. The molecule has 2 aliphatic heterocycles. The molecule has 2 aromatic carbocycles. The zero-order valence-electron chi connectivity index (χ0n) is 17.7. The molecule has 1 saturated heterocycles. The highest BCUT2D eigenvalue weighted by Gasteiger charge is 2.33. The number of piperidine rings is 1. The minimum absolute atomic E-state index is 0.00737. The van der Waals surface area contributed by atoms with Gasteiger partial charge in [0.1, 0.15) is 0 Å². The molecule has 1 unspecified atom stereocenters. The van der Waals surface area contributed by atoms with Gasteiger partial charge in [0.2, 0.25) is 11.9 Å². The number of fused-ring (bicyclic) bond motifs is 1. The fraction of sp³-hybridized carbons (Fsp3) is 0.417. The summed E-state index contributed by atoms with van der Waals surface area (Å²) in [5.41, 5.74) is 9.64. The monoisotopic (exact) mass is 405 g/mol. The van der Waals surface area contributed by atoms with Crippen LogP contribution in [-0.4, -0.2) is 41.3 Å². The number of anilines is 1. The van der Waals surface area contributed by atoms with Crippen molar-refractivity contribution in [1.29, 1.82) is 0 Å². The van der Waals surface area contributed by atoms with Crippen LogP contribution in [0.2, 0.25) is 0 Å². The Morgan fingerprint density at radius 3 is 2.57 bits per heavy atom. The predicted octanol–water partition coefficient (Wildman–Crippen LogP) is 3.83. The summed E-state index contributed by atoms with van der Waals surface area (Å²) in [7, 11) is 0. The van der Waals surface area contributed by atoms with E-state index in [1.807, 2.05) is 36.4 Å². The van der Waals surface area contributed by atoms with Crippen molar-refractivity contribution in [2.75, 3.05) is 25.4 Å². The summed E-state index contributed by atoms with van der Waals surface area (Å²) in [4.78, 5) is 22.6. The third-order valence-electron chi connectivity index (χ3n) is 5.98. The molecule has 158 valence electrons. The average Bonchev–Trinajstić information content (AvgIpc) is 2.79. The molecule has 6 nitrogen and oxygen atoms in total. The maximum Gasteiger partial charge on any atom is 0.222 e. The lowest BCUT2D eigenvalue weighted by Crippen LogP contribution is -2.49. The Morgan fingerprint density at radius 2 is 1.83 bits per heavy atom. The second-order valence-corrected chi connectivity index (χ2v) is 8.04. The Morgan fingerprint density at radius 1 is 1.10 bits per heavy atom. The maximum atomic E-state index is 12.9. The summed E-state index contributed by atoms with van der Waals surface area (Å²) in [6.45, 7) is 5.54. The second-order valence-electron chi connectivity index (χ2n) is 8.04. The lowest BCUT2D eigenvalue weighted by atomic mass is 9.97. The van der Waals surface area contributed by atoms with Crippen molar-refractivity contribution >= 4 is 23.2 Å². The predicted molar refractivity (Wildman–Crippen MR) is 121 cm³/mol. The van der Waals surface area contributed by atoms with Gasteiger partial charge < -0.3 is 20.9 Å². The molecule has 0 radical (unpaired) electrons. The van der Waals surface area contributed by atoms with E-state index >= 15 is 0 Å². The number of nitrogens with two attached hydrogens (primary N) is 1. The summed E-state index contributed by atoms with van der Waals surface area (Å²) in [6.07, 6.45) is 4.09. The van der Waals surface area contributed by atoms with Crippen LogP contribution in [0.5, 0.6) is 0 Å².